The van der Waals surface area contributed by atoms with Crippen molar-refractivity contribution in [3.05, 3.63) is 11.6 Å². The molecule has 88 heavy (non-hydrogen) atoms. The van der Waals surface area contributed by atoms with E-state index < -0.39 is 0 Å². The third-order valence-electron chi connectivity index (χ3n) is 12.1. The summed E-state index contributed by atoms with van der Waals surface area (Å²) in [6, 6.07) is 0. The van der Waals surface area contributed by atoms with Crippen LogP contribution < -0.4 is 0 Å². The number of hydrogen-bond acceptors (Lipinski definition) is 22. The Kier molecular flexibility index (Phi) is 80.0. The zero-order chi connectivity index (χ0) is 63.1. The number of hydrogen-bond donors (Lipinski definition) is 0. The second-order valence-electron chi connectivity index (χ2n) is 21.1. The molecule has 0 aliphatic rings. The highest BCUT2D eigenvalue weighted by atomic mass is 16.5. The molecular formula is C66H130O22. The average Bonchev–Trinajstić information content (AvgIpc) is 3.52. The first kappa shape index (κ1) is 86.4. The highest BCUT2D eigenvalue weighted by Crippen LogP contribution is 2.01. The molecule has 526 valence electrons. The maximum absolute atomic E-state index is 11.4. The van der Waals surface area contributed by atoms with Crippen molar-refractivity contribution in [1.29, 1.82) is 0 Å². The summed E-state index contributed by atoms with van der Waals surface area (Å²) in [5.41, 5.74) is 0.929. The van der Waals surface area contributed by atoms with E-state index in [-0.39, 0.29) is 5.97 Å². The number of rotatable bonds is 81. The van der Waals surface area contributed by atoms with Gasteiger partial charge in [-0.1, -0.05) is 5.57 Å². The number of esters is 1. The highest BCUT2D eigenvalue weighted by molar-refractivity contribution is 5.82. The van der Waals surface area contributed by atoms with E-state index in [0.717, 1.165) is 161 Å². The minimum absolute atomic E-state index is 0.297. The van der Waals surface area contributed by atoms with E-state index in [0.29, 0.717) is 238 Å². The second-order valence-corrected chi connectivity index (χ2v) is 21.1. The Morgan fingerprint density at radius 3 is 0.420 bits per heavy atom. The van der Waals surface area contributed by atoms with Crippen LogP contribution in [0.4, 0.5) is 0 Å². The van der Waals surface area contributed by atoms with Crippen molar-refractivity contribution < 1.29 is 104 Å². The largest absolute Gasteiger partial charge is 0.462 e. The molecule has 0 bridgehead atoms. The van der Waals surface area contributed by atoms with Crippen LogP contribution in [0.15, 0.2) is 11.6 Å². The van der Waals surface area contributed by atoms with Crippen LogP contribution in [0.3, 0.4) is 0 Å². The van der Waals surface area contributed by atoms with E-state index >= 15 is 0 Å². The molecule has 0 saturated heterocycles. The maximum Gasteiger partial charge on any atom is 0.330 e. The van der Waals surface area contributed by atoms with Crippen molar-refractivity contribution >= 4 is 5.97 Å². The molecule has 0 heterocycles. The van der Waals surface area contributed by atoms with Crippen molar-refractivity contribution in [3.63, 3.8) is 0 Å². The summed E-state index contributed by atoms with van der Waals surface area (Å²) in [7, 11) is 1.70. The first-order valence-electron chi connectivity index (χ1n) is 33.9. The molecule has 0 aliphatic heterocycles. The van der Waals surface area contributed by atoms with Crippen molar-refractivity contribution in [2.45, 2.75) is 142 Å². The van der Waals surface area contributed by atoms with Gasteiger partial charge in [0.25, 0.3) is 0 Å². The Morgan fingerprint density at radius 1 is 0.193 bits per heavy atom. The van der Waals surface area contributed by atoms with Gasteiger partial charge in [-0.05, 0) is 136 Å². The Morgan fingerprint density at radius 2 is 0.307 bits per heavy atom. The summed E-state index contributed by atoms with van der Waals surface area (Å²) in [4.78, 5) is 11.4. The summed E-state index contributed by atoms with van der Waals surface area (Å²) in [5.74, 6) is -0.297. The maximum atomic E-state index is 11.4. The molecule has 0 aliphatic carbocycles. The van der Waals surface area contributed by atoms with Gasteiger partial charge in [0.15, 0.2) is 0 Å². The van der Waals surface area contributed by atoms with Crippen LogP contribution in [0, 0.1) is 0 Å². The Bertz CT molecular complexity index is 1310. The van der Waals surface area contributed by atoms with E-state index in [9.17, 15) is 4.79 Å². The average molecular weight is 1280 g/mol. The third-order valence-corrected chi connectivity index (χ3v) is 12.1. The van der Waals surface area contributed by atoms with Crippen LogP contribution in [-0.2, 0) is 104 Å². The number of ether oxygens (including phenoxy) is 21. The van der Waals surface area contributed by atoms with Gasteiger partial charge >= 0.3 is 5.97 Å². The van der Waals surface area contributed by atoms with E-state index in [4.69, 9.17) is 99.5 Å². The molecule has 0 radical (unpaired) electrons. The lowest BCUT2D eigenvalue weighted by Gasteiger charge is -2.08. The topological polar surface area (TPSA) is 211 Å². The monoisotopic (exact) mass is 1270 g/mol. The fraction of sp³-hybridized carbons (Fsp3) is 0.955. The van der Waals surface area contributed by atoms with Gasteiger partial charge in [-0.2, -0.15) is 0 Å². The molecule has 22 heteroatoms. The fourth-order valence-corrected chi connectivity index (χ4v) is 7.59. The standard InChI is InChI=1S/C66H130O22/c1-65(2)64-66(67)88-63-23-62-87-61-22-60-86-59-21-58-85-57-20-56-84-55-19-54-83-53-18-52-82-51-17-50-81-49-16-48-80-47-15-46-79-45-14-44-78-43-13-42-77-41-12-40-76-39-11-38-75-37-10-36-74-35-9-34-73-33-8-32-72-31-7-30-71-29-6-28-70-27-5-26-69-25-4-24-68-3/h64H,4-63H2,1-3H3. The van der Waals surface area contributed by atoms with E-state index in [1.54, 1.807) is 7.11 Å². The first-order valence-corrected chi connectivity index (χ1v) is 33.9. The number of methoxy groups -OCH3 is 1. The zero-order valence-corrected chi connectivity index (χ0v) is 56.0. The third kappa shape index (κ3) is 82.4. The molecule has 22 nitrogen and oxygen atoms in total. The predicted molar refractivity (Wildman–Crippen MR) is 340 cm³/mol. The second kappa shape index (κ2) is 81.5. The molecule has 0 amide bonds. The van der Waals surface area contributed by atoms with E-state index in [1.165, 1.54) is 6.08 Å². The lowest BCUT2D eigenvalue weighted by Crippen LogP contribution is -2.09. The van der Waals surface area contributed by atoms with Crippen LogP contribution in [0.25, 0.3) is 0 Å². The smallest absolute Gasteiger partial charge is 0.330 e. The van der Waals surface area contributed by atoms with Crippen LogP contribution in [0.1, 0.15) is 142 Å². The van der Waals surface area contributed by atoms with Gasteiger partial charge in [0.2, 0.25) is 0 Å². The van der Waals surface area contributed by atoms with Gasteiger partial charge in [-0.25, -0.2) is 4.79 Å². The first-order chi connectivity index (χ1) is 43.7. The molecule has 0 rings (SSSR count). The van der Waals surface area contributed by atoms with Crippen molar-refractivity contribution in [3.8, 4) is 0 Å². The SMILES string of the molecule is COCCCOCCCOCCCOCCCOCCCOCCCOCCCOCCCOCCCOCCCOCCCOCCCOCCCOCCCOCCCOCCCOCCCOCCCOCCCOCCCOC(=O)C=C(C)C. The van der Waals surface area contributed by atoms with Gasteiger partial charge in [-0.3, -0.25) is 0 Å². The van der Waals surface area contributed by atoms with Crippen LogP contribution in [0.5, 0.6) is 0 Å². The summed E-state index contributed by atoms with van der Waals surface area (Å²) in [5, 5.41) is 0. The molecule has 0 fully saturated rings. The molecule has 0 aromatic heterocycles. The van der Waals surface area contributed by atoms with Crippen LogP contribution in [0.2, 0.25) is 0 Å². The molecule has 0 atom stereocenters. The quantitative estimate of drug-likeness (QED) is 0.0315. The van der Waals surface area contributed by atoms with Gasteiger partial charge in [0.05, 0.1) is 6.61 Å². The van der Waals surface area contributed by atoms with E-state index in [1.807, 2.05) is 13.8 Å². The number of carbonyl (C=O) groups excluding carboxylic acids is 1. The summed E-state index contributed by atoms with van der Waals surface area (Å²) < 4.78 is 118. The van der Waals surface area contributed by atoms with Gasteiger partial charge in [-0.15, -0.1) is 0 Å². The molecule has 0 saturated carbocycles. The molecule has 0 unspecified atom stereocenters. The summed E-state index contributed by atoms with van der Waals surface area (Å²) >= 11 is 0. The predicted octanol–water partition coefficient (Wildman–Crippen LogP) is 9.26. The Labute approximate surface area is 533 Å². The molecule has 0 aromatic carbocycles. The summed E-state index contributed by atoms with van der Waals surface area (Å²) in [6.07, 6.45) is 19.0. The normalized spacial score (nSPS) is 11.6. The number of carbonyl (C=O) groups is 1. The minimum atomic E-state index is -0.297. The zero-order valence-electron chi connectivity index (χ0n) is 56.0. The van der Waals surface area contributed by atoms with Crippen molar-refractivity contribution in [2.24, 2.45) is 0 Å². The Balaban J connectivity index is 3.10. The highest BCUT2D eigenvalue weighted by Gasteiger charge is 2.02. The minimum Gasteiger partial charge on any atom is -0.462 e. The van der Waals surface area contributed by atoms with Crippen LogP contribution >= 0.6 is 0 Å². The van der Waals surface area contributed by atoms with Gasteiger partial charge < -0.3 is 99.5 Å². The molecule has 0 N–H and O–H groups in total. The fourth-order valence-electron chi connectivity index (χ4n) is 7.59. The lowest BCUT2D eigenvalue weighted by atomic mass is 10.3. The van der Waals surface area contributed by atoms with Crippen LogP contribution in [-0.4, -0.2) is 277 Å². The van der Waals surface area contributed by atoms with Gasteiger partial charge in [0, 0.05) is 277 Å². The number of allylic oxidation sites excluding steroid dienone is 1. The Hall–Kier alpha value is -1.59. The van der Waals surface area contributed by atoms with E-state index in [2.05, 4.69) is 0 Å². The molecule has 0 spiro atoms. The van der Waals surface area contributed by atoms with Crippen molar-refractivity contribution in [1.82, 2.24) is 0 Å². The summed E-state index contributed by atoms with van der Waals surface area (Å²) in [6.45, 7) is 31.3. The molecule has 0 aromatic rings. The van der Waals surface area contributed by atoms with Gasteiger partial charge in [0.1, 0.15) is 0 Å². The lowest BCUT2D eigenvalue weighted by molar-refractivity contribution is -0.138. The molecular weight excluding hydrogens is 1140 g/mol. The van der Waals surface area contributed by atoms with Crippen molar-refractivity contribution in [2.75, 3.05) is 271 Å².